The Kier molecular flexibility index (Phi) is 5.25. The minimum Gasteiger partial charge on any atom is -0.372 e. The van der Waals surface area contributed by atoms with E-state index in [2.05, 4.69) is 41.4 Å². The predicted molar refractivity (Wildman–Crippen MR) is 79.5 cm³/mol. The van der Waals surface area contributed by atoms with Crippen molar-refractivity contribution in [3.63, 3.8) is 0 Å². The van der Waals surface area contributed by atoms with Gasteiger partial charge in [0, 0.05) is 25.3 Å². The van der Waals surface area contributed by atoms with Crippen LogP contribution in [0.4, 0.5) is 5.69 Å². The lowest BCUT2D eigenvalue weighted by Gasteiger charge is -2.28. The summed E-state index contributed by atoms with van der Waals surface area (Å²) in [6.07, 6.45) is 5.41. The van der Waals surface area contributed by atoms with Gasteiger partial charge in [0.2, 0.25) is 5.91 Å². The van der Waals surface area contributed by atoms with Crippen LogP contribution in [0.2, 0.25) is 0 Å². The average molecular weight is 260 g/mol. The van der Waals surface area contributed by atoms with Crippen molar-refractivity contribution in [2.45, 2.75) is 39.0 Å². The summed E-state index contributed by atoms with van der Waals surface area (Å²) < 4.78 is 0. The molecule has 1 heterocycles. The van der Waals surface area contributed by atoms with Gasteiger partial charge in [-0.3, -0.25) is 4.79 Å². The molecule has 0 aliphatic carbocycles. The van der Waals surface area contributed by atoms with Gasteiger partial charge in [-0.2, -0.15) is 0 Å². The fraction of sp³-hybridized carbons (Fsp3) is 0.562. The van der Waals surface area contributed by atoms with Gasteiger partial charge in [-0.25, -0.2) is 0 Å². The second-order valence-corrected chi connectivity index (χ2v) is 5.24. The highest BCUT2D eigenvalue weighted by Crippen LogP contribution is 2.20. The number of rotatable bonds is 5. The molecule has 1 aliphatic rings. The van der Waals surface area contributed by atoms with Gasteiger partial charge < -0.3 is 10.2 Å². The Morgan fingerprint density at radius 2 is 1.84 bits per heavy atom. The van der Waals surface area contributed by atoms with Crippen molar-refractivity contribution in [1.82, 2.24) is 5.32 Å². The van der Waals surface area contributed by atoms with E-state index < -0.39 is 0 Å². The fourth-order valence-corrected chi connectivity index (χ4v) is 2.49. The SMILES string of the molecule is CCCNC(=O)Cc1ccc(N2CCCCC2)cc1. The normalized spacial score (nSPS) is 15.3. The van der Waals surface area contributed by atoms with Crippen molar-refractivity contribution < 1.29 is 4.79 Å². The van der Waals surface area contributed by atoms with Crippen molar-refractivity contribution in [2.24, 2.45) is 0 Å². The number of nitrogens with one attached hydrogen (secondary N) is 1. The number of hydrogen-bond acceptors (Lipinski definition) is 2. The van der Waals surface area contributed by atoms with E-state index in [0.717, 1.165) is 31.6 Å². The number of nitrogens with zero attached hydrogens (tertiary/aromatic N) is 1. The highest BCUT2D eigenvalue weighted by atomic mass is 16.1. The van der Waals surface area contributed by atoms with Crippen molar-refractivity contribution in [3.05, 3.63) is 29.8 Å². The smallest absolute Gasteiger partial charge is 0.224 e. The number of anilines is 1. The topological polar surface area (TPSA) is 32.3 Å². The number of piperidine rings is 1. The summed E-state index contributed by atoms with van der Waals surface area (Å²) in [6, 6.07) is 8.45. The van der Waals surface area contributed by atoms with E-state index in [1.165, 1.54) is 24.9 Å². The van der Waals surface area contributed by atoms with E-state index in [9.17, 15) is 4.79 Å². The van der Waals surface area contributed by atoms with Gasteiger partial charge in [0.1, 0.15) is 0 Å². The van der Waals surface area contributed by atoms with Gasteiger partial charge in [0.05, 0.1) is 6.42 Å². The van der Waals surface area contributed by atoms with Crippen LogP contribution in [0, 0.1) is 0 Å². The van der Waals surface area contributed by atoms with Gasteiger partial charge in [0.25, 0.3) is 0 Å². The molecular weight excluding hydrogens is 236 g/mol. The Labute approximate surface area is 116 Å². The van der Waals surface area contributed by atoms with Gasteiger partial charge in [0.15, 0.2) is 0 Å². The molecule has 1 amide bonds. The minimum atomic E-state index is 0.118. The number of amides is 1. The van der Waals surface area contributed by atoms with Crippen LogP contribution in [0.5, 0.6) is 0 Å². The van der Waals surface area contributed by atoms with E-state index in [1.807, 2.05) is 0 Å². The Morgan fingerprint density at radius 1 is 1.16 bits per heavy atom. The van der Waals surface area contributed by atoms with Crippen LogP contribution in [0.3, 0.4) is 0 Å². The minimum absolute atomic E-state index is 0.118. The van der Waals surface area contributed by atoms with Crippen LogP contribution < -0.4 is 10.2 Å². The molecule has 2 rings (SSSR count). The Bertz CT molecular complexity index is 394. The molecule has 3 nitrogen and oxygen atoms in total. The van der Waals surface area contributed by atoms with Gasteiger partial charge in [-0.15, -0.1) is 0 Å². The van der Waals surface area contributed by atoms with E-state index in [-0.39, 0.29) is 5.91 Å². The van der Waals surface area contributed by atoms with Crippen LogP contribution in [0.15, 0.2) is 24.3 Å². The molecule has 1 aromatic rings. The van der Waals surface area contributed by atoms with Gasteiger partial charge >= 0.3 is 0 Å². The summed E-state index contributed by atoms with van der Waals surface area (Å²) in [5.41, 5.74) is 2.38. The van der Waals surface area contributed by atoms with E-state index >= 15 is 0 Å². The lowest BCUT2D eigenvalue weighted by Crippen LogP contribution is -2.29. The van der Waals surface area contributed by atoms with Gasteiger partial charge in [-0.1, -0.05) is 19.1 Å². The maximum Gasteiger partial charge on any atom is 0.224 e. The third kappa shape index (κ3) is 4.27. The molecule has 0 unspecified atom stereocenters. The van der Waals surface area contributed by atoms with E-state index in [0.29, 0.717) is 6.42 Å². The quantitative estimate of drug-likeness (QED) is 0.883. The van der Waals surface area contributed by atoms with Crippen molar-refractivity contribution >= 4 is 11.6 Å². The highest BCUT2D eigenvalue weighted by molar-refractivity contribution is 5.78. The third-order valence-electron chi connectivity index (χ3n) is 3.59. The Hall–Kier alpha value is -1.51. The molecule has 1 N–H and O–H groups in total. The molecule has 3 heteroatoms. The van der Waals surface area contributed by atoms with Crippen LogP contribution >= 0.6 is 0 Å². The summed E-state index contributed by atoms with van der Waals surface area (Å²) in [5, 5.41) is 2.91. The molecule has 1 aliphatic heterocycles. The monoisotopic (exact) mass is 260 g/mol. The Morgan fingerprint density at radius 3 is 2.47 bits per heavy atom. The molecule has 104 valence electrons. The number of carbonyl (C=O) groups excluding carboxylic acids is 1. The lowest BCUT2D eigenvalue weighted by molar-refractivity contribution is -0.120. The lowest BCUT2D eigenvalue weighted by atomic mass is 10.1. The van der Waals surface area contributed by atoms with E-state index in [1.54, 1.807) is 0 Å². The average Bonchev–Trinajstić information content (AvgIpc) is 2.47. The highest BCUT2D eigenvalue weighted by Gasteiger charge is 2.10. The number of benzene rings is 1. The first kappa shape index (κ1) is 13.9. The molecule has 1 fully saturated rings. The van der Waals surface area contributed by atoms with Crippen LogP contribution in [-0.4, -0.2) is 25.5 Å². The summed E-state index contributed by atoms with van der Waals surface area (Å²) in [6.45, 7) is 5.16. The van der Waals surface area contributed by atoms with Crippen molar-refractivity contribution in [2.75, 3.05) is 24.5 Å². The van der Waals surface area contributed by atoms with Gasteiger partial charge in [-0.05, 0) is 43.4 Å². The predicted octanol–water partition coefficient (Wildman–Crippen LogP) is 2.75. The van der Waals surface area contributed by atoms with Crippen molar-refractivity contribution in [1.29, 1.82) is 0 Å². The maximum absolute atomic E-state index is 11.6. The molecule has 0 spiro atoms. The first-order chi connectivity index (χ1) is 9.29. The molecule has 0 saturated carbocycles. The fourth-order valence-electron chi connectivity index (χ4n) is 2.49. The third-order valence-corrected chi connectivity index (χ3v) is 3.59. The Balaban J connectivity index is 1.88. The standard InChI is InChI=1S/C16H24N2O/c1-2-10-17-16(19)13-14-6-8-15(9-7-14)18-11-4-3-5-12-18/h6-9H,2-5,10-13H2,1H3,(H,17,19). The zero-order valence-corrected chi connectivity index (χ0v) is 11.8. The molecule has 0 bridgehead atoms. The summed E-state index contributed by atoms with van der Waals surface area (Å²) in [5.74, 6) is 0.118. The first-order valence-corrected chi connectivity index (χ1v) is 7.40. The molecular formula is C16H24N2O. The maximum atomic E-state index is 11.6. The van der Waals surface area contributed by atoms with Crippen LogP contribution in [0.25, 0.3) is 0 Å². The summed E-state index contributed by atoms with van der Waals surface area (Å²) >= 11 is 0. The molecule has 0 atom stereocenters. The molecule has 0 radical (unpaired) electrons. The summed E-state index contributed by atoms with van der Waals surface area (Å²) in [7, 11) is 0. The second-order valence-electron chi connectivity index (χ2n) is 5.24. The summed E-state index contributed by atoms with van der Waals surface area (Å²) in [4.78, 5) is 14.1. The number of hydrogen-bond donors (Lipinski definition) is 1. The van der Waals surface area contributed by atoms with E-state index in [4.69, 9.17) is 0 Å². The number of carbonyl (C=O) groups is 1. The largest absolute Gasteiger partial charge is 0.372 e. The molecule has 19 heavy (non-hydrogen) atoms. The molecule has 1 saturated heterocycles. The zero-order chi connectivity index (χ0) is 13.5. The first-order valence-electron chi connectivity index (χ1n) is 7.40. The molecule has 1 aromatic carbocycles. The zero-order valence-electron chi connectivity index (χ0n) is 11.8. The molecule has 0 aromatic heterocycles. The van der Waals surface area contributed by atoms with Crippen LogP contribution in [-0.2, 0) is 11.2 Å². The second kappa shape index (κ2) is 7.17. The van der Waals surface area contributed by atoms with Crippen LogP contribution in [0.1, 0.15) is 38.2 Å². The van der Waals surface area contributed by atoms with Crippen molar-refractivity contribution in [3.8, 4) is 0 Å².